The highest BCUT2D eigenvalue weighted by Gasteiger charge is 2.38. The van der Waals surface area contributed by atoms with E-state index in [9.17, 15) is 19.2 Å². The fourth-order valence-corrected chi connectivity index (χ4v) is 6.92. The maximum absolute atomic E-state index is 13.5. The molecule has 1 aromatic heterocycles. The quantitative estimate of drug-likeness (QED) is 0.191. The summed E-state index contributed by atoms with van der Waals surface area (Å²) in [5.41, 5.74) is 4.48. The van der Waals surface area contributed by atoms with E-state index < -0.39 is 18.2 Å². The number of benzene rings is 2. The number of nitrogens with one attached hydrogen (secondary N) is 4. The summed E-state index contributed by atoms with van der Waals surface area (Å²) in [5, 5.41) is 8.71. The van der Waals surface area contributed by atoms with Crippen LogP contribution in [0.1, 0.15) is 65.2 Å². The molecule has 4 amide bonds. The minimum atomic E-state index is -0.691. The number of carbonyl (C=O) groups excluding carboxylic acids is 4. The van der Waals surface area contributed by atoms with E-state index in [2.05, 4.69) is 30.8 Å². The van der Waals surface area contributed by atoms with Gasteiger partial charge in [0.15, 0.2) is 0 Å². The lowest BCUT2D eigenvalue weighted by molar-refractivity contribution is -0.135. The molecule has 2 aliphatic rings. The van der Waals surface area contributed by atoms with Crippen LogP contribution in [0.4, 0.5) is 15.3 Å². The average Bonchev–Trinajstić information content (AvgIpc) is 3.91. The molecule has 13 heteroatoms. The Balaban J connectivity index is 1.23. The minimum Gasteiger partial charge on any atom is -0.453 e. The molecule has 4 N–H and O–H groups in total. The first-order valence-electron chi connectivity index (χ1n) is 17.8. The summed E-state index contributed by atoms with van der Waals surface area (Å²) in [7, 11) is 2.64. The molecule has 2 saturated heterocycles. The van der Waals surface area contributed by atoms with Crippen molar-refractivity contribution in [1.82, 2.24) is 30.4 Å². The van der Waals surface area contributed by atoms with Crippen LogP contribution in [-0.4, -0.2) is 95.7 Å². The van der Waals surface area contributed by atoms with Gasteiger partial charge < -0.3 is 35.3 Å². The van der Waals surface area contributed by atoms with E-state index in [0.29, 0.717) is 18.9 Å². The van der Waals surface area contributed by atoms with Crippen LogP contribution in [0.5, 0.6) is 0 Å². The molecule has 0 saturated carbocycles. The number of rotatable bonds is 12. The number of hydrogen-bond donors (Lipinski definition) is 4. The number of alkyl carbamates (subject to hydrolysis) is 2. The summed E-state index contributed by atoms with van der Waals surface area (Å²) in [6, 6.07) is 14.6. The van der Waals surface area contributed by atoms with Gasteiger partial charge in [-0.1, -0.05) is 64.1 Å². The Morgan fingerprint density at radius 1 is 0.863 bits per heavy atom. The third kappa shape index (κ3) is 9.07. The van der Waals surface area contributed by atoms with Crippen molar-refractivity contribution in [3.8, 4) is 22.4 Å². The van der Waals surface area contributed by atoms with Gasteiger partial charge in [0, 0.05) is 24.8 Å². The molecular weight excluding hydrogens is 650 g/mol. The van der Waals surface area contributed by atoms with Gasteiger partial charge in [-0.3, -0.25) is 14.5 Å². The zero-order valence-corrected chi connectivity index (χ0v) is 30.4. The van der Waals surface area contributed by atoms with Crippen LogP contribution >= 0.6 is 0 Å². The summed E-state index contributed by atoms with van der Waals surface area (Å²) in [4.78, 5) is 62.8. The maximum atomic E-state index is 13.5. The molecule has 51 heavy (non-hydrogen) atoms. The number of aromatic nitrogens is 2. The van der Waals surface area contributed by atoms with Crippen molar-refractivity contribution in [2.24, 2.45) is 11.8 Å². The molecule has 2 aliphatic heterocycles. The van der Waals surface area contributed by atoms with Crippen molar-refractivity contribution in [3.05, 3.63) is 60.6 Å². The molecule has 2 fully saturated rings. The van der Waals surface area contributed by atoms with Gasteiger partial charge in [-0.05, 0) is 72.9 Å². The van der Waals surface area contributed by atoms with Gasteiger partial charge >= 0.3 is 12.2 Å². The monoisotopic (exact) mass is 701 g/mol. The Morgan fingerprint density at radius 2 is 1.55 bits per heavy atom. The maximum Gasteiger partial charge on any atom is 0.407 e. The van der Waals surface area contributed by atoms with Crippen molar-refractivity contribution in [3.63, 3.8) is 0 Å². The number of methoxy groups -OCH3 is 2. The molecule has 4 atom stereocenters. The molecule has 5 rings (SSSR count). The molecule has 2 aromatic carbocycles. The number of hydrogen-bond acceptors (Lipinski definition) is 8. The summed E-state index contributed by atoms with van der Waals surface area (Å²) in [5.74, 6) is 0.582. The van der Waals surface area contributed by atoms with E-state index in [1.807, 2.05) is 76.2 Å². The topological polar surface area (TPSA) is 158 Å². The molecule has 0 bridgehead atoms. The van der Waals surface area contributed by atoms with Crippen LogP contribution in [0, 0.1) is 11.8 Å². The highest BCUT2D eigenvalue weighted by Crippen LogP contribution is 2.33. The molecular formula is C38H51N7O6. The fourth-order valence-electron chi connectivity index (χ4n) is 6.92. The smallest absolute Gasteiger partial charge is 0.407 e. The number of H-pyrrole nitrogens is 1. The largest absolute Gasteiger partial charge is 0.453 e. The first-order chi connectivity index (χ1) is 24.5. The molecule has 0 spiro atoms. The average molecular weight is 702 g/mol. The number of imidazole rings is 1. The fraction of sp³-hybridized carbons (Fsp3) is 0.500. The van der Waals surface area contributed by atoms with E-state index in [4.69, 9.17) is 9.47 Å². The predicted molar refractivity (Wildman–Crippen MR) is 195 cm³/mol. The Hall–Kier alpha value is -4.91. The highest BCUT2D eigenvalue weighted by molar-refractivity contribution is 5.95. The van der Waals surface area contributed by atoms with Crippen molar-refractivity contribution < 1.29 is 28.7 Å². The Bertz CT molecular complexity index is 1670. The van der Waals surface area contributed by atoms with Gasteiger partial charge in [-0.2, -0.15) is 0 Å². The van der Waals surface area contributed by atoms with Gasteiger partial charge in [-0.15, -0.1) is 0 Å². The van der Waals surface area contributed by atoms with Crippen LogP contribution in [0.2, 0.25) is 0 Å². The van der Waals surface area contributed by atoms with Crippen LogP contribution in [0.25, 0.3) is 22.4 Å². The lowest BCUT2D eigenvalue weighted by Crippen LogP contribution is -2.51. The Kier molecular flexibility index (Phi) is 12.4. The number of carbonyl (C=O) groups is 4. The second-order valence-corrected chi connectivity index (χ2v) is 14.0. The number of likely N-dealkylation sites (tertiary alicyclic amines) is 2. The third-order valence-electron chi connectivity index (χ3n) is 9.89. The number of amides is 4. The second kappa shape index (κ2) is 16.9. The lowest BCUT2D eigenvalue weighted by atomic mass is 10.0. The van der Waals surface area contributed by atoms with Crippen LogP contribution < -0.4 is 16.0 Å². The molecule has 0 radical (unpaired) electrons. The van der Waals surface area contributed by atoms with Crippen molar-refractivity contribution >= 4 is 29.7 Å². The molecule has 4 unspecified atom stereocenters. The number of anilines is 1. The van der Waals surface area contributed by atoms with Crippen molar-refractivity contribution in [1.29, 1.82) is 0 Å². The zero-order valence-electron chi connectivity index (χ0n) is 30.4. The zero-order chi connectivity index (χ0) is 36.7. The third-order valence-corrected chi connectivity index (χ3v) is 9.89. The first-order valence-corrected chi connectivity index (χ1v) is 17.8. The molecule has 3 heterocycles. The van der Waals surface area contributed by atoms with E-state index in [-0.39, 0.29) is 41.8 Å². The van der Waals surface area contributed by atoms with Gasteiger partial charge in [0.2, 0.25) is 11.8 Å². The first kappa shape index (κ1) is 37.3. The minimum absolute atomic E-state index is 0.0578. The summed E-state index contributed by atoms with van der Waals surface area (Å²) >= 11 is 0. The number of nitrogens with zero attached hydrogens (tertiary/aromatic N) is 3. The Morgan fingerprint density at radius 3 is 2.24 bits per heavy atom. The second-order valence-electron chi connectivity index (χ2n) is 14.0. The summed E-state index contributed by atoms with van der Waals surface area (Å²) in [6.07, 6.45) is 3.98. The molecule has 0 aliphatic carbocycles. The van der Waals surface area contributed by atoms with E-state index >= 15 is 0 Å². The van der Waals surface area contributed by atoms with Gasteiger partial charge in [-0.25, -0.2) is 14.6 Å². The SMILES string of the molecule is COC(=O)NC(CN1CCCC1C(=O)Nc1cccc(-c2ccc(-c3cnc(C4CCCN4C(=O)C(NC(=O)OC)C(C)C)[nH]3)cc2)c1)C(C)C. The Labute approximate surface area is 299 Å². The standard InChI is InChI=1S/C38H51N7O6/c1-23(2)30(42-37(48)50-5)22-44-18-8-13-32(44)35(46)40-28-11-7-10-27(20-28)25-14-16-26(17-15-25)29-21-39-34(41-29)31-12-9-19-45(31)36(47)33(24(3)4)43-38(49)51-6/h7,10-11,14-17,20-21,23-24,30-33H,8-9,12-13,18-19,22H2,1-6H3,(H,39,41)(H,40,46)(H,42,48)(H,43,49). The van der Waals surface area contributed by atoms with Crippen molar-refractivity contribution in [2.75, 3.05) is 39.2 Å². The van der Waals surface area contributed by atoms with Crippen LogP contribution in [0.3, 0.4) is 0 Å². The van der Waals surface area contributed by atoms with Gasteiger partial charge in [0.1, 0.15) is 11.9 Å². The lowest BCUT2D eigenvalue weighted by Gasteiger charge is -2.30. The van der Waals surface area contributed by atoms with Crippen LogP contribution in [-0.2, 0) is 19.1 Å². The molecule has 274 valence electrons. The normalized spacial score (nSPS) is 18.8. The van der Waals surface area contributed by atoms with Gasteiger partial charge in [0.25, 0.3) is 0 Å². The van der Waals surface area contributed by atoms with E-state index in [1.165, 1.54) is 14.2 Å². The summed E-state index contributed by atoms with van der Waals surface area (Å²) in [6.45, 7) is 9.83. The van der Waals surface area contributed by atoms with E-state index in [1.54, 1.807) is 11.1 Å². The number of aromatic amines is 1. The molecule has 3 aromatic rings. The van der Waals surface area contributed by atoms with Gasteiger partial charge in [0.05, 0.1) is 38.2 Å². The summed E-state index contributed by atoms with van der Waals surface area (Å²) < 4.78 is 9.55. The predicted octanol–water partition coefficient (Wildman–Crippen LogP) is 5.57. The van der Waals surface area contributed by atoms with Crippen molar-refractivity contribution in [2.45, 2.75) is 77.5 Å². The van der Waals surface area contributed by atoms with Crippen LogP contribution in [0.15, 0.2) is 54.7 Å². The number of ether oxygens (including phenoxy) is 2. The molecule has 13 nitrogen and oxygen atoms in total. The highest BCUT2D eigenvalue weighted by atomic mass is 16.5. The van der Waals surface area contributed by atoms with E-state index in [0.717, 1.165) is 60.3 Å².